The number of benzene rings is 1. The van der Waals surface area contributed by atoms with Crippen molar-refractivity contribution in [2.24, 2.45) is 5.84 Å². The van der Waals surface area contributed by atoms with E-state index in [1.807, 2.05) is 25.1 Å². The molecule has 0 aliphatic heterocycles. The Morgan fingerprint density at radius 3 is 2.43 bits per heavy atom. The summed E-state index contributed by atoms with van der Waals surface area (Å²) in [5, 5.41) is 0. The smallest absolute Gasteiger partial charge is 0.324 e. The van der Waals surface area contributed by atoms with Gasteiger partial charge in [0.15, 0.2) is 0 Å². The predicted octanol–water partition coefficient (Wildman–Crippen LogP) is 1.57. The van der Waals surface area contributed by atoms with E-state index in [4.69, 9.17) is 15.3 Å². The Morgan fingerprint density at radius 2 is 1.76 bits per heavy atom. The highest BCUT2D eigenvalue weighted by Crippen LogP contribution is 2.12. The molecule has 1 aromatic carbocycles. The van der Waals surface area contributed by atoms with Crippen LogP contribution in [0.2, 0.25) is 0 Å². The first-order valence-corrected chi connectivity index (χ1v) is 6.84. The summed E-state index contributed by atoms with van der Waals surface area (Å²) in [6.45, 7) is 2.82. The molecule has 2 aromatic rings. The Balaban J connectivity index is 1.86. The topological polar surface area (TPSA) is 95.2 Å². The van der Waals surface area contributed by atoms with E-state index < -0.39 is 0 Å². The minimum Gasteiger partial charge on any atom is -0.464 e. The molecular formula is C14H19N5O2. The molecule has 112 valence electrons. The van der Waals surface area contributed by atoms with E-state index in [1.165, 1.54) is 5.56 Å². The standard InChI is InChI=1S/C14H19N5O2/c1-2-20-13-16-12(19-15)17-14(18-13)21-10-6-9-11-7-4-3-5-8-11/h3-5,7-8H,2,6,9-10,15H2,1H3,(H,16,17,18,19). The van der Waals surface area contributed by atoms with Crippen molar-refractivity contribution in [1.82, 2.24) is 15.0 Å². The van der Waals surface area contributed by atoms with Gasteiger partial charge in [0.25, 0.3) is 0 Å². The lowest BCUT2D eigenvalue weighted by molar-refractivity contribution is 0.266. The first-order valence-electron chi connectivity index (χ1n) is 6.84. The molecule has 0 unspecified atom stereocenters. The molecule has 7 nitrogen and oxygen atoms in total. The first kappa shape index (κ1) is 15.0. The van der Waals surface area contributed by atoms with Crippen molar-refractivity contribution in [2.45, 2.75) is 19.8 Å². The van der Waals surface area contributed by atoms with Gasteiger partial charge in [-0.15, -0.1) is 4.98 Å². The normalized spacial score (nSPS) is 10.2. The summed E-state index contributed by atoms with van der Waals surface area (Å²) in [7, 11) is 0. The first-order chi connectivity index (χ1) is 10.3. The fourth-order valence-corrected chi connectivity index (χ4v) is 1.75. The molecule has 21 heavy (non-hydrogen) atoms. The zero-order valence-electron chi connectivity index (χ0n) is 12.0. The number of aryl methyl sites for hydroxylation is 1. The molecule has 0 amide bonds. The number of hydrogen-bond donors (Lipinski definition) is 2. The summed E-state index contributed by atoms with van der Waals surface area (Å²) in [6.07, 6.45) is 1.80. The third-order valence-electron chi connectivity index (χ3n) is 2.68. The molecular weight excluding hydrogens is 270 g/mol. The zero-order valence-corrected chi connectivity index (χ0v) is 12.0. The predicted molar refractivity (Wildman–Crippen MR) is 79.1 cm³/mol. The SMILES string of the molecule is CCOc1nc(NN)nc(OCCCc2ccccc2)n1. The second kappa shape index (κ2) is 8.01. The summed E-state index contributed by atoms with van der Waals surface area (Å²) in [4.78, 5) is 12.0. The molecule has 0 fully saturated rings. The van der Waals surface area contributed by atoms with Gasteiger partial charge in [0.1, 0.15) is 0 Å². The quantitative estimate of drug-likeness (QED) is 0.432. The molecule has 1 heterocycles. The Kier molecular flexibility index (Phi) is 5.71. The lowest BCUT2D eigenvalue weighted by Gasteiger charge is -2.08. The monoisotopic (exact) mass is 289 g/mol. The number of nitrogen functional groups attached to an aromatic ring is 1. The van der Waals surface area contributed by atoms with Crippen molar-refractivity contribution in [1.29, 1.82) is 0 Å². The van der Waals surface area contributed by atoms with Gasteiger partial charge in [0.05, 0.1) is 13.2 Å². The molecule has 7 heteroatoms. The summed E-state index contributed by atoms with van der Waals surface area (Å²) >= 11 is 0. The van der Waals surface area contributed by atoms with Crippen molar-refractivity contribution in [2.75, 3.05) is 18.6 Å². The molecule has 3 N–H and O–H groups in total. The van der Waals surface area contributed by atoms with Gasteiger partial charge in [-0.2, -0.15) is 9.97 Å². The number of aromatic nitrogens is 3. The highest BCUT2D eigenvalue weighted by atomic mass is 16.5. The number of nitrogens with zero attached hydrogens (tertiary/aromatic N) is 3. The number of anilines is 1. The van der Waals surface area contributed by atoms with E-state index in [-0.39, 0.29) is 18.0 Å². The Hall–Kier alpha value is -2.41. The number of nitrogens with two attached hydrogens (primary N) is 1. The van der Waals surface area contributed by atoms with Crippen LogP contribution in [0.15, 0.2) is 30.3 Å². The molecule has 0 aliphatic rings. The van der Waals surface area contributed by atoms with Gasteiger partial charge in [0, 0.05) is 0 Å². The largest absolute Gasteiger partial charge is 0.464 e. The molecule has 0 bridgehead atoms. The number of rotatable bonds is 8. The number of hydrogen-bond acceptors (Lipinski definition) is 7. The van der Waals surface area contributed by atoms with Crippen molar-refractivity contribution in [3.8, 4) is 12.0 Å². The molecule has 0 saturated carbocycles. The Bertz CT molecular complexity index is 550. The van der Waals surface area contributed by atoms with Gasteiger partial charge < -0.3 is 9.47 Å². The van der Waals surface area contributed by atoms with Crippen LogP contribution in [0.4, 0.5) is 5.95 Å². The van der Waals surface area contributed by atoms with Gasteiger partial charge in [-0.05, 0) is 25.3 Å². The van der Waals surface area contributed by atoms with Crippen LogP contribution in [0.5, 0.6) is 12.0 Å². The van der Waals surface area contributed by atoms with E-state index >= 15 is 0 Å². The van der Waals surface area contributed by atoms with Gasteiger partial charge in [-0.25, -0.2) is 5.84 Å². The minimum absolute atomic E-state index is 0.193. The van der Waals surface area contributed by atoms with Crippen LogP contribution in [-0.2, 0) is 6.42 Å². The molecule has 2 rings (SSSR count). The maximum atomic E-state index is 5.52. The lowest BCUT2D eigenvalue weighted by atomic mass is 10.1. The zero-order chi connectivity index (χ0) is 14.9. The van der Waals surface area contributed by atoms with Crippen molar-refractivity contribution in [3.05, 3.63) is 35.9 Å². The van der Waals surface area contributed by atoms with Crippen LogP contribution in [0.3, 0.4) is 0 Å². The van der Waals surface area contributed by atoms with E-state index in [1.54, 1.807) is 0 Å². The summed E-state index contributed by atoms with van der Waals surface area (Å²) in [5.74, 6) is 5.52. The summed E-state index contributed by atoms with van der Waals surface area (Å²) in [5.41, 5.74) is 3.63. The maximum absolute atomic E-state index is 5.52. The third-order valence-corrected chi connectivity index (χ3v) is 2.68. The number of ether oxygens (including phenoxy) is 2. The minimum atomic E-state index is 0.193. The van der Waals surface area contributed by atoms with E-state index in [2.05, 4.69) is 32.5 Å². The molecule has 1 aromatic heterocycles. The van der Waals surface area contributed by atoms with Crippen LogP contribution < -0.4 is 20.7 Å². The van der Waals surface area contributed by atoms with Crippen LogP contribution in [-0.4, -0.2) is 28.2 Å². The van der Waals surface area contributed by atoms with E-state index in [0.717, 1.165) is 12.8 Å². The number of hydrazine groups is 1. The molecule has 0 saturated heterocycles. The average Bonchev–Trinajstić information content (AvgIpc) is 2.53. The van der Waals surface area contributed by atoms with Gasteiger partial charge in [-0.3, -0.25) is 5.43 Å². The Morgan fingerprint density at radius 1 is 1.05 bits per heavy atom. The van der Waals surface area contributed by atoms with Gasteiger partial charge in [0.2, 0.25) is 5.95 Å². The molecule has 0 atom stereocenters. The van der Waals surface area contributed by atoms with Gasteiger partial charge in [-0.1, -0.05) is 30.3 Å². The highest BCUT2D eigenvalue weighted by molar-refractivity contribution is 5.25. The van der Waals surface area contributed by atoms with Crippen LogP contribution in [0.1, 0.15) is 18.9 Å². The van der Waals surface area contributed by atoms with Crippen molar-refractivity contribution >= 4 is 5.95 Å². The second-order valence-electron chi connectivity index (χ2n) is 4.24. The van der Waals surface area contributed by atoms with Crippen LogP contribution in [0.25, 0.3) is 0 Å². The van der Waals surface area contributed by atoms with E-state index in [0.29, 0.717) is 13.2 Å². The summed E-state index contributed by atoms with van der Waals surface area (Å²) in [6, 6.07) is 10.6. The number of nitrogens with one attached hydrogen (secondary N) is 1. The average molecular weight is 289 g/mol. The van der Waals surface area contributed by atoms with Crippen LogP contribution in [0, 0.1) is 0 Å². The molecule has 0 radical (unpaired) electrons. The van der Waals surface area contributed by atoms with Crippen LogP contribution >= 0.6 is 0 Å². The fraction of sp³-hybridized carbons (Fsp3) is 0.357. The van der Waals surface area contributed by atoms with Crippen molar-refractivity contribution in [3.63, 3.8) is 0 Å². The summed E-state index contributed by atoms with van der Waals surface area (Å²) < 4.78 is 10.7. The highest BCUT2D eigenvalue weighted by Gasteiger charge is 2.07. The molecule has 0 aliphatic carbocycles. The lowest BCUT2D eigenvalue weighted by Crippen LogP contribution is -2.13. The van der Waals surface area contributed by atoms with Gasteiger partial charge >= 0.3 is 12.0 Å². The Labute approximate surface area is 123 Å². The fourth-order valence-electron chi connectivity index (χ4n) is 1.75. The third kappa shape index (κ3) is 4.88. The van der Waals surface area contributed by atoms with E-state index in [9.17, 15) is 0 Å². The van der Waals surface area contributed by atoms with Crippen molar-refractivity contribution < 1.29 is 9.47 Å². The maximum Gasteiger partial charge on any atom is 0.324 e. The second-order valence-corrected chi connectivity index (χ2v) is 4.24. The molecule has 0 spiro atoms.